The lowest BCUT2D eigenvalue weighted by molar-refractivity contribution is 0.660. The van der Waals surface area contributed by atoms with E-state index in [1.54, 1.807) is 0 Å². The van der Waals surface area contributed by atoms with E-state index in [1.165, 1.54) is 60.1 Å². The Hall–Kier alpha value is -5.97. The van der Waals surface area contributed by atoms with Crippen molar-refractivity contribution in [2.75, 3.05) is 0 Å². The first-order chi connectivity index (χ1) is 25.3. The maximum atomic E-state index is 5.31. The molecule has 8 aromatic rings. The number of benzene rings is 7. The van der Waals surface area contributed by atoms with Gasteiger partial charge in [-0.3, -0.25) is 0 Å². The highest BCUT2D eigenvalue weighted by atomic mass is 28.3. The van der Waals surface area contributed by atoms with Crippen LogP contribution in [0.5, 0.6) is 0 Å². The Balaban J connectivity index is 1.14. The number of hydrogen-bond acceptors (Lipinski definition) is 3. The molecule has 7 aromatic carbocycles. The van der Waals surface area contributed by atoms with E-state index in [1.807, 2.05) is 0 Å². The fourth-order valence-electron chi connectivity index (χ4n) is 8.72. The Labute approximate surface area is 305 Å². The van der Waals surface area contributed by atoms with Crippen LogP contribution in [0.15, 0.2) is 152 Å². The highest BCUT2D eigenvalue weighted by Crippen LogP contribution is 2.49. The van der Waals surface area contributed by atoms with E-state index in [9.17, 15) is 0 Å². The smallest absolute Gasteiger partial charge is 0.164 e. The summed E-state index contributed by atoms with van der Waals surface area (Å²) in [5.74, 6) is 2.07. The van der Waals surface area contributed by atoms with Crippen LogP contribution in [0, 0.1) is 0 Å². The molecule has 4 heteroatoms. The van der Waals surface area contributed by atoms with Crippen LogP contribution in [-0.4, -0.2) is 23.0 Å². The predicted octanol–water partition coefficient (Wildman–Crippen LogP) is 10.8. The van der Waals surface area contributed by atoms with Gasteiger partial charge in [-0.05, 0) is 77.8 Å². The van der Waals surface area contributed by atoms with Gasteiger partial charge in [-0.25, -0.2) is 15.0 Å². The van der Waals surface area contributed by atoms with Crippen molar-refractivity contribution < 1.29 is 0 Å². The molecule has 2 heterocycles. The van der Waals surface area contributed by atoms with Crippen LogP contribution in [0.4, 0.5) is 0 Å². The monoisotopic (exact) mass is 683 g/mol. The lowest BCUT2D eigenvalue weighted by Gasteiger charge is -2.22. The first-order valence-electron chi connectivity index (χ1n) is 18.1. The fraction of sp³-hybridized carbons (Fsp3) is 0.104. The summed E-state index contributed by atoms with van der Waals surface area (Å²) in [6.07, 6.45) is 0. The van der Waals surface area contributed by atoms with Gasteiger partial charge in [0.25, 0.3) is 0 Å². The summed E-state index contributed by atoms with van der Waals surface area (Å²) >= 11 is 0. The zero-order chi connectivity index (χ0) is 35.2. The number of nitrogens with zero attached hydrogens (tertiary/aromatic N) is 3. The summed E-state index contributed by atoms with van der Waals surface area (Å²) < 4.78 is 0. The van der Waals surface area contributed by atoms with Crippen molar-refractivity contribution >= 4 is 29.2 Å². The van der Waals surface area contributed by atoms with E-state index in [-0.39, 0.29) is 5.41 Å². The Morgan fingerprint density at radius 1 is 0.404 bits per heavy atom. The molecule has 0 unspecified atom stereocenters. The van der Waals surface area contributed by atoms with Crippen molar-refractivity contribution in [1.29, 1.82) is 0 Å². The van der Waals surface area contributed by atoms with Crippen molar-refractivity contribution in [3.63, 3.8) is 0 Å². The van der Waals surface area contributed by atoms with Gasteiger partial charge < -0.3 is 0 Å². The van der Waals surface area contributed by atoms with Gasteiger partial charge in [0.2, 0.25) is 0 Å². The average molecular weight is 684 g/mol. The fourth-order valence-corrected chi connectivity index (χ4v) is 11.8. The number of aromatic nitrogens is 3. The molecule has 52 heavy (non-hydrogen) atoms. The minimum Gasteiger partial charge on any atom is -0.208 e. The van der Waals surface area contributed by atoms with E-state index < -0.39 is 8.07 Å². The molecular weight excluding hydrogens is 647 g/mol. The SMILES string of the molecule is CC1(C)c2ccccc2-c2ccc(-c3nc(-c4ccc(-c5ccc6ccccc6c5)cc4)nc(-c4cccc5c4-c4ccccc4[Si]5(C)C)n3)cc21. The quantitative estimate of drug-likeness (QED) is 0.173. The van der Waals surface area contributed by atoms with Crippen molar-refractivity contribution in [3.8, 4) is 67.5 Å². The third-order valence-electron chi connectivity index (χ3n) is 11.6. The van der Waals surface area contributed by atoms with Crippen LogP contribution in [-0.2, 0) is 5.41 Å². The average Bonchev–Trinajstić information content (AvgIpc) is 3.57. The third-order valence-corrected chi connectivity index (χ3v) is 15.1. The molecule has 3 nitrogen and oxygen atoms in total. The molecule has 0 saturated heterocycles. The molecule has 0 radical (unpaired) electrons. The summed E-state index contributed by atoms with van der Waals surface area (Å²) in [7, 11) is -1.89. The van der Waals surface area contributed by atoms with Gasteiger partial charge in [0, 0.05) is 22.1 Å². The second-order valence-electron chi connectivity index (χ2n) is 15.3. The summed E-state index contributed by atoms with van der Waals surface area (Å²) in [6.45, 7) is 9.54. The molecule has 0 bridgehead atoms. The molecule has 1 aliphatic heterocycles. The van der Waals surface area contributed by atoms with Gasteiger partial charge in [-0.15, -0.1) is 0 Å². The summed E-state index contributed by atoms with van der Waals surface area (Å²) in [4.78, 5) is 15.8. The molecule has 0 saturated carbocycles. The van der Waals surface area contributed by atoms with Gasteiger partial charge in [0.1, 0.15) is 8.07 Å². The second kappa shape index (κ2) is 11.3. The molecule has 2 aliphatic rings. The molecule has 10 rings (SSSR count). The van der Waals surface area contributed by atoms with Crippen LogP contribution >= 0.6 is 0 Å². The normalized spacial score (nSPS) is 14.5. The minimum absolute atomic E-state index is 0.126. The molecule has 0 spiro atoms. The lowest BCUT2D eigenvalue weighted by atomic mass is 9.82. The van der Waals surface area contributed by atoms with Gasteiger partial charge >= 0.3 is 0 Å². The zero-order valence-corrected chi connectivity index (χ0v) is 30.8. The van der Waals surface area contributed by atoms with Crippen LogP contribution in [0.1, 0.15) is 25.0 Å². The van der Waals surface area contributed by atoms with Gasteiger partial charge in [-0.1, -0.05) is 166 Å². The van der Waals surface area contributed by atoms with Gasteiger partial charge in [-0.2, -0.15) is 0 Å². The highest BCUT2D eigenvalue weighted by Gasteiger charge is 2.39. The standard InChI is InChI=1S/C48H37N3Si/c1-48(2)40-17-9-7-14-36(40)37-27-26-35(29-41(37)48)46-49-45(32-23-20-31(21-24-32)34-25-22-30-12-5-6-13-33(30)28-34)50-47(51-46)39-16-11-19-43-44(39)38-15-8-10-18-42(38)52(43,3)4/h5-29H,1-4H3. The predicted molar refractivity (Wildman–Crippen MR) is 219 cm³/mol. The topological polar surface area (TPSA) is 38.7 Å². The first kappa shape index (κ1) is 30.8. The minimum atomic E-state index is -1.89. The van der Waals surface area contributed by atoms with E-state index in [0.717, 1.165) is 22.3 Å². The van der Waals surface area contributed by atoms with E-state index >= 15 is 0 Å². The summed E-state index contributed by atoms with van der Waals surface area (Å²) in [5.41, 5.74) is 13.1. The second-order valence-corrected chi connectivity index (χ2v) is 19.6. The first-order valence-corrected chi connectivity index (χ1v) is 21.1. The molecule has 1 aliphatic carbocycles. The molecule has 1 aromatic heterocycles. The molecule has 0 atom stereocenters. The summed E-state index contributed by atoms with van der Waals surface area (Å²) in [6, 6.07) is 55.0. The molecule has 0 fully saturated rings. The summed E-state index contributed by atoms with van der Waals surface area (Å²) in [5, 5.41) is 5.39. The number of hydrogen-bond donors (Lipinski definition) is 0. The van der Waals surface area contributed by atoms with E-state index in [0.29, 0.717) is 17.5 Å². The Kier molecular flexibility index (Phi) is 6.68. The van der Waals surface area contributed by atoms with Crippen molar-refractivity contribution in [2.45, 2.75) is 32.4 Å². The zero-order valence-electron chi connectivity index (χ0n) is 29.8. The Morgan fingerprint density at radius 3 is 1.81 bits per heavy atom. The highest BCUT2D eigenvalue weighted by molar-refractivity contribution is 7.04. The van der Waals surface area contributed by atoms with Crippen molar-refractivity contribution in [2.24, 2.45) is 0 Å². The molecule has 248 valence electrons. The number of fused-ring (bicyclic) bond motifs is 7. The maximum Gasteiger partial charge on any atom is 0.164 e. The Bertz CT molecular complexity index is 2740. The van der Waals surface area contributed by atoms with Crippen LogP contribution < -0.4 is 10.4 Å². The van der Waals surface area contributed by atoms with Crippen LogP contribution in [0.3, 0.4) is 0 Å². The number of rotatable bonds is 4. The van der Waals surface area contributed by atoms with E-state index in [2.05, 4.69) is 179 Å². The van der Waals surface area contributed by atoms with Crippen molar-refractivity contribution in [3.05, 3.63) is 163 Å². The van der Waals surface area contributed by atoms with E-state index in [4.69, 9.17) is 15.0 Å². The van der Waals surface area contributed by atoms with Gasteiger partial charge in [0.15, 0.2) is 17.5 Å². The lowest BCUT2D eigenvalue weighted by Crippen LogP contribution is -2.49. The third kappa shape index (κ3) is 4.61. The Morgan fingerprint density at radius 2 is 0.981 bits per heavy atom. The van der Waals surface area contributed by atoms with Gasteiger partial charge in [0.05, 0.1) is 0 Å². The molecule has 0 amide bonds. The van der Waals surface area contributed by atoms with Crippen molar-refractivity contribution in [1.82, 2.24) is 15.0 Å². The largest absolute Gasteiger partial charge is 0.208 e. The van der Waals surface area contributed by atoms with Crippen LogP contribution in [0.2, 0.25) is 13.1 Å². The maximum absolute atomic E-state index is 5.31. The molecular formula is C48H37N3Si. The van der Waals surface area contributed by atoms with Crippen LogP contribution in [0.25, 0.3) is 78.3 Å². The molecule has 0 N–H and O–H groups in total.